The Morgan fingerprint density at radius 3 is 2.53 bits per heavy atom. The second-order valence-corrected chi connectivity index (χ2v) is 7.80. The molecule has 0 fully saturated rings. The van der Waals surface area contributed by atoms with E-state index in [9.17, 15) is 4.79 Å². The lowest BCUT2D eigenvalue weighted by molar-refractivity contribution is -0.113. The van der Waals surface area contributed by atoms with E-state index in [1.807, 2.05) is 86.6 Å². The van der Waals surface area contributed by atoms with Gasteiger partial charge in [0.1, 0.15) is 11.8 Å². The van der Waals surface area contributed by atoms with Crippen molar-refractivity contribution in [1.29, 1.82) is 0 Å². The van der Waals surface area contributed by atoms with Crippen LogP contribution in [0.1, 0.15) is 25.6 Å². The van der Waals surface area contributed by atoms with Crippen LogP contribution in [0, 0.1) is 0 Å². The number of ether oxygens (including phenoxy) is 1. The number of carbonyl (C=O) groups is 1. The van der Waals surface area contributed by atoms with Crippen molar-refractivity contribution in [3.05, 3.63) is 96.0 Å². The molecule has 34 heavy (non-hydrogen) atoms. The number of hydrogen-bond donors (Lipinski definition) is 2. The van der Waals surface area contributed by atoms with Gasteiger partial charge in [0.2, 0.25) is 5.95 Å². The average Bonchev–Trinajstić information content (AvgIpc) is 3.28. The Hall–Kier alpha value is -4.46. The minimum Gasteiger partial charge on any atom is -0.494 e. The van der Waals surface area contributed by atoms with Gasteiger partial charge in [-0.05, 0) is 62.4 Å². The lowest BCUT2D eigenvalue weighted by Crippen LogP contribution is -2.32. The first kappa shape index (κ1) is 21.4. The van der Waals surface area contributed by atoms with E-state index in [1.54, 1.807) is 10.9 Å². The van der Waals surface area contributed by atoms with Crippen molar-refractivity contribution in [3.8, 4) is 17.1 Å². The molecule has 0 spiro atoms. The summed E-state index contributed by atoms with van der Waals surface area (Å²) < 4.78 is 7.26. The Balaban J connectivity index is 1.55. The van der Waals surface area contributed by atoms with Gasteiger partial charge in [-0.1, -0.05) is 24.3 Å². The number of rotatable bonds is 6. The van der Waals surface area contributed by atoms with Gasteiger partial charge in [0, 0.05) is 23.1 Å². The number of para-hydroxylation sites is 1. The molecule has 8 heteroatoms. The van der Waals surface area contributed by atoms with Gasteiger partial charge in [-0.15, -0.1) is 5.10 Å². The van der Waals surface area contributed by atoms with Crippen molar-refractivity contribution in [3.63, 3.8) is 0 Å². The number of pyridine rings is 1. The third kappa shape index (κ3) is 4.13. The molecule has 2 aromatic heterocycles. The summed E-state index contributed by atoms with van der Waals surface area (Å²) in [4.78, 5) is 22.7. The molecule has 2 N–H and O–H groups in total. The summed E-state index contributed by atoms with van der Waals surface area (Å²) in [5.74, 6) is 1.66. The molecule has 2 aromatic carbocycles. The van der Waals surface area contributed by atoms with Crippen molar-refractivity contribution in [2.45, 2.75) is 19.9 Å². The predicted octanol–water partition coefficient (Wildman–Crippen LogP) is 4.67. The largest absolute Gasteiger partial charge is 0.494 e. The number of hydrogen-bond acceptors (Lipinski definition) is 6. The first-order valence-electron chi connectivity index (χ1n) is 11.1. The van der Waals surface area contributed by atoms with E-state index in [2.05, 4.69) is 15.6 Å². The zero-order chi connectivity index (χ0) is 23.5. The maximum Gasteiger partial charge on any atom is 0.255 e. The van der Waals surface area contributed by atoms with Gasteiger partial charge in [-0.25, -0.2) is 4.68 Å². The Bertz CT molecular complexity index is 1330. The smallest absolute Gasteiger partial charge is 0.255 e. The third-order valence-electron chi connectivity index (χ3n) is 5.52. The molecule has 4 aromatic rings. The van der Waals surface area contributed by atoms with E-state index in [1.165, 1.54) is 0 Å². The summed E-state index contributed by atoms with van der Waals surface area (Å²) in [6.07, 6.45) is 1.71. The molecule has 1 unspecified atom stereocenters. The van der Waals surface area contributed by atoms with Crippen LogP contribution in [-0.2, 0) is 4.79 Å². The van der Waals surface area contributed by atoms with Crippen molar-refractivity contribution in [2.24, 2.45) is 0 Å². The van der Waals surface area contributed by atoms with Gasteiger partial charge in [0.05, 0.1) is 17.9 Å². The zero-order valence-electron chi connectivity index (χ0n) is 18.9. The molecule has 3 heterocycles. The van der Waals surface area contributed by atoms with Crippen LogP contribution in [0.4, 0.5) is 11.6 Å². The first-order chi connectivity index (χ1) is 16.6. The molecule has 0 saturated heterocycles. The van der Waals surface area contributed by atoms with Crippen molar-refractivity contribution < 1.29 is 9.53 Å². The van der Waals surface area contributed by atoms with Crippen LogP contribution in [0.25, 0.3) is 11.4 Å². The van der Waals surface area contributed by atoms with Crippen molar-refractivity contribution in [2.75, 3.05) is 17.2 Å². The highest BCUT2D eigenvalue weighted by atomic mass is 16.5. The number of amides is 1. The molecule has 5 rings (SSSR count). The summed E-state index contributed by atoms with van der Waals surface area (Å²) in [6.45, 7) is 4.42. The molecule has 1 aliphatic rings. The molecule has 0 aliphatic carbocycles. The van der Waals surface area contributed by atoms with Crippen LogP contribution in [-0.4, -0.2) is 32.3 Å². The molecule has 0 saturated carbocycles. The van der Waals surface area contributed by atoms with Gasteiger partial charge in [0.25, 0.3) is 5.91 Å². The Kier molecular flexibility index (Phi) is 5.78. The van der Waals surface area contributed by atoms with Crippen LogP contribution in [0.15, 0.2) is 90.3 Å². The number of anilines is 2. The van der Waals surface area contributed by atoms with Crippen LogP contribution in [0.5, 0.6) is 5.75 Å². The van der Waals surface area contributed by atoms with Crippen molar-refractivity contribution >= 4 is 17.5 Å². The van der Waals surface area contributed by atoms with E-state index in [4.69, 9.17) is 14.8 Å². The molecule has 1 atom stereocenters. The van der Waals surface area contributed by atoms with Crippen LogP contribution in [0.2, 0.25) is 0 Å². The molecular weight excluding hydrogens is 428 g/mol. The topological polar surface area (TPSA) is 94.0 Å². The lowest BCUT2D eigenvalue weighted by atomic mass is 9.98. The molecule has 1 amide bonds. The Morgan fingerprint density at radius 1 is 1.06 bits per heavy atom. The van der Waals surface area contributed by atoms with E-state index >= 15 is 0 Å². The summed E-state index contributed by atoms with van der Waals surface area (Å²) in [7, 11) is 0. The summed E-state index contributed by atoms with van der Waals surface area (Å²) in [5, 5.41) is 11.0. The average molecular weight is 453 g/mol. The quantitative estimate of drug-likeness (QED) is 0.442. The highest BCUT2D eigenvalue weighted by molar-refractivity contribution is 6.05. The van der Waals surface area contributed by atoms with Gasteiger partial charge in [0.15, 0.2) is 5.82 Å². The van der Waals surface area contributed by atoms with E-state index < -0.39 is 6.04 Å². The number of carbonyl (C=O) groups excluding carboxylic acids is 1. The van der Waals surface area contributed by atoms with Crippen molar-refractivity contribution in [1.82, 2.24) is 19.7 Å². The van der Waals surface area contributed by atoms with Gasteiger partial charge in [-0.3, -0.25) is 9.78 Å². The highest BCUT2D eigenvalue weighted by Crippen LogP contribution is 2.36. The lowest BCUT2D eigenvalue weighted by Gasteiger charge is -2.28. The highest BCUT2D eigenvalue weighted by Gasteiger charge is 2.35. The van der Waals surface area contributed by atoms with Gasteiger partial charge < -0.3 is 15.4 Å². The van der Waals surface area contributed by atoms with E-state index in [0.717, 1.165) is 11.3 Å². The molecular formula is C26H24N6O2. The fraction of sp³-hybridized carbons (Fsp3) is 0.154. The predicted molar refractivity (Wildman–Crippen MR) is 130 cm³/mol. The van der Waals surface area contributed by atoms with Crippen LogP contribution >= 0.6 is 0 Å². The molecule has 8 nitrogen and oxygen atoms in total. The minimum atomic E-state index is -0.537. The minimum absolute atomic E-state index is 0.226. The third-order valence-corrected chi connectivity index (χ3v) is 5.52. The number of nitrogens with one attached hydrogen (secondary N) is 2. The first-order valence-corrected chi connectivity index (χ1v) is 11.1. The number of fused-ring (bicyclic) bond motifs is 1. The van der Waals surface area contributed by atoms with Crippen LogP contribution in [0.3, 0.4) is 0 Å². The summed E-state index contributed by atoms with van der Waals surface area (Å²) in [6, 6.07) is 22.1. The number of nitrogens with zero attached hydrogens (tertiary/aromatic N) is 4. The maximum absolute atomic E-state index is 13.4. The SMILES string of the molecule is CCOc1ccc(-c2nc3n(n2)C(c2ccccn2)C(C(=O)Nc2ccccc2)=C(C)N3)cc1. The maximum atomic E-state index is 13.4. The Labute approximate surface area is 197 Å². The standard InChI is InChI=1S/C26H24N6O2/c1-3-34-20-14-12-18(13-15-20)24-30-26-28-17(2)22(25(33)29-19-9-5-4-6-10-19)23(32(26)31-24)21-11-7-8-16-27-21/h4-16,23H,3H2,1-2H3,(H,29,33)(H,28,30,31). The van der Waals surface area contributed by atoms with Gasteiger partial charge in [-0.2, -0.15) is 4.98 Å². The molecule has 0 radical (unpaired) electrons. The Morgan fingerprint density at radius 2 is 1.82 bits per heavy atom. The van der Waals surface area contributed by atoms with E-state index in [0.29, 0.717) is 41.0 Å². The normalized spacial score (nSPS) is 14.8. The molecule has 170 valence electrons. The monoisotopic (exact) mass is 452 g/mol. The number of benzene rings is 2. The van der Waals surface area contributed by atoms with Crippen LogP contribution < -0.4 is 15.4 Å². The molecule has 1 aliphatic heterocycles. The van der Waals surface area contributed by atoms with Gasteiger partial charge >= 0.3 is 0 Å². The fourth-order valence-electron chi connectivity index (χ4n) is 3.97. The summed E-state index contributed by atoms with van der Waals surface area (Å²) >= 11 is 0. The zero-order valence-corrected chi connectivity index (χ0v) is 18.9. The second-order valence-electron chi connectivity index (χ2n) is 7.80. The summed E-state index contributed by atoms with van der Waals surface area (Å²) in [5.41, 5.74) is 3.48. The number of aromatic nitrogens is 4. The molecule has 0 bridgehead atoms. The fourth-order valence-corrected chi connectivity index (χ4v) is 3.97. The van der Waals surface area contributed by atoms with E-state index in [-0.39, 0.29) is 5.91 Å². The number of allylic oxidation sites excluding steroid dienone is 1. The second kappa shape index (κ2) is 9.19.